The van der Waals surface area contributed by atoms with E-state index in [4.69, 9.17) is 11.6 Å². The van der Waals surface area contributed by atoms with Crippen molar-refractivity contribution in [1.29, 1.82) is 0 Å². The molecule has 1 aromatic heterocycles. The Kier molecular flexibility index (Phi) is 4.35. The number of aromatic amines is 1. The molecule has 1 atom stereocenters. The van der Waals surface area contributed by atoms with Gasteiger partial charge >= 0.3 is 0 Å². The number of benzene rings is 1. The van der Waals surface area contributed by atoms with Crippen LogP contribution in [0.1, 0.15) is 30.6 Å². The van der Waals surface area contributed by atoms with Crippen molar-refractivity contribution >= 4 is 27.3 Å². The monoisotopic (exact) mass is 313 g/mol. The summed E-state index contributed by atoms with van der Waals surface area (Å²) in [5, 5.41) is -0.242. The number of aryl methyl sites for hydroxylation is 1. The van der Waals surface area contributed by atoms with Crippen molar-refractivity contribution in [2.45, 2.75) is 30.7 Å². The van der Waals surface area contributed by atoms with E-state index in [1.54, 1.807) is 25.1 Å². The number of imidazole rings is 1. The van der Waals surface area contributed by atoms with Crippen LogP contribution in [0.25, 0.3) is 0 Å². The molecule has 2 aromatic rings. The van der Waals surface area contributed by atoms with Gasteiger partial charge in [0.25, 0.3) is 10.0 Å². The van der Waals surface area contributed by atoms with E-state index in [0.29, 0.717) is 17.9 Å². The maximum Gasteiger partial charge on any atom is 0.278 e. The van der Waals surface area contributed by atoms with Crippen LogP contribution in [-0.2, 0) is 16.4 Å². The van der Waals surface area contributed by atoms with E-state index in [-0.39, 0.29) is 10.4 Å². The number of aromatic nitrogens is 2. The number of alkyl halides is 1. The Hall–Kier alpha value is -1.53. The Balaban J connectivity index is 2.33. The van der Waals surface area contributed by atoms with Gasteiger partial charge < -0.3 is 4.98 Å². The molecule has 1 heterocycles. The summed E-state index contributed by atoms with van der Waals surface area (Å²) in [4.78, 5) is 6.78. The van der Waals surface area contributed by atoms with Gasteiger partial charge in [0.2, 0.25) is 0 Å². The predicted octanol–water partition coefficient (Wildman–Crippen LogP) is 3.07. The average Bonchev–Trinajstić information content (AvgIpc) is 2.88. The zero-order valence-corrected chi connectivity index (χ0v) is 12.8. The summed E-state index contributed by atoms with van der Waals surface area (Å²) in [6.45, 7) is 3.69. The van der Waals surface area contributed by atoms with Crippen molar-refractivity contribution < 1.29 is 8.42 Å². The van der Waals surface area contributed by atoms with Crippen molar-refractivity contribution in [3.8, 4) is 0 Å². The molecule has 0 fully saturated rings. The predicted molar refractivity (Wildman–Crippen MR) is 79.5 cm³/mol. The van der Waals surface area contributed by atoms with Crippen LogP contribution in [0.15, 0.2) is 35.5 Å². The Morgan fingerprint density at radius 3 is 2.70 bits per heavy atom. The molecule has 7 heteroatoms. The van der Waals surface area contributed by atoms with Crippen LogP contribution >= 0.6 is 11.6 Å². The third-order valence-electron chi connectivity index (χ3n) is 2.86. The highest BCUT2D eigenvalue weighted by Crippen LogP contribution is 2.28. The van der Waals surface area contributed by atoms with Crippen molar-refractivity contribution in [1.82, 2.24) is 9.97 Å². The Morgan fingerprint density at radius 1 is 1.40 bits per heavy atom. The standard InChI is InChI=1S/C13H16ClN3O2S/c1-3-12-15-8-13(16-12)20(18,19)17-11-7-5-4-6-10(11)9(2)14/h4-9,17H,3H2,1-2H3,(H,15,16). The molecule has 0 aliphatic heterocycles. The van der Waals surface area contributed by atoms with Gasteiger partial charge in [0, 0.05) is 6.42 Å². The molecule has 0 amide bonds. The molecule has 0 aliphatic carbocycles. The van der Waals surface area contributed by atoms with E-state index in [2.05, 4.69) is 14.7 Å². The van der Waals surface area contributed by atoms with Gasteiger partial charge in [-0.05, 0) is 18.6 Å². The number of hydrogen-bond donors (Lipinski definition) is 2. The van der Waals surface area contributed by atoms with E-state index in [1.165, 1.54) is 6.20 Å². The van der Waals surface area contributed by atoms with Gasteiger partial charge in [-0.3, -0.25) is 4.72 Å². The first kappa shape index (κ1) is 14.9. The van der Waals surface area contributed by atoms with Gasteiger partial charge in [-0.15, -0.1) is 11.6 Å². The van der Waals surface area contributed by atoms with E-state index < -0.39 is 10.0 Å². The lowest BCUT2D eigenvalue weighted by Crippen LogP contribution is -2.14. The molecule has 2 rings (SSSR count). The van der Waals surface area contributed by atoms with Crippen LogP contribution < -0.4 is 4.72 Å². The van der Waals surface area contributed by atoms with Gasteiger partial charge in [-0.2, -0.15) is 8.42 Å². The van der Waals surface area contributed by atoms with Crippen molar-refractivity contribution in [2.24, 2.45) is 0 Å². The molecule has 0 radical (unpaired) electrons. The second kappa shape index (κ2) is 5.85. The number of halogens is 1. The summed E-state index contributed by atoms with van der Waals surface area (Å²) >= 11 is 6.05. The van der Waals surface area contributed by atoms with Crippen molar-refractivity contribution in [2.75, 3.05) is 4.72 Å². The van der Waals surface area contributed by atoms with E-state index in [9.17, 15) is 8.42 Å². The highest BCUT2D eigenvalue weighted by molar-refractivity contribution is 7.92. The summed E-state index contributed by atoms with van der Waals surface area (Å²) < 4.78 is 27.1. The quantitative estimate of drug-likeness (QED) is 0.833. The number of para-hydroxylation sites is 1. The third kappa shape index (κ3) is 3.13. The van der Waals surface area contributed by atoms with E-state index >= 15 is 0 Å². The fourth-order valence-corrected chi connectivity index (χ4v) is 3.02. The highest BCUT2D eigenvalue weighted by Gasteiger charge is 2.19. The number of anilines is 1. The van der Waals surface area contributed by atoms with Gasteiger partial charge in [0.15, 0.2) is 5.03 Å². The topological polar surface area (TPSA) is 74.8 Å². The maximum atomic E-state index is 12.3. The second-order valence-electron chi connectivity index (χ2n) is 4.36. The Morgan fingerprint density at radius 2 is 2.10 bits per heavy atom. The smallest absolute Gasteiger partial charge is 0.278 e. The number of nitrogens with one attached hydrogen (secondary N) is 2. The first-order chi connectivity index (χ1) is 9.44. The minimum absolute atomic E-state index is 0.0476. The molecule has 0 saturated heterocycles. The molecule has 0 aliphatic rings. The Bertz CT molecular complexity index is 695. The molecule has 5 nitrogen and oxygen atoms in total. The molecule has 108 valence electrons. The summed E-state index contributed by atoms with van der Waals surface area (Å²) in [7, 11) is -3.69. The first-order valence-corrected chi connectivity index (χ1v) is 8.15. The molecular formula is C13H16ClN3O2S. The zero-order valence-electron chi connectivity index (χ0n) is 11.2. The normalized spacial score (nSPS) is 13.2. The molecule has 0 spiro atoms. The second-order valence-corrected chi connectivity index (χ2v) is 6.66. The third-order valence-corrected chi connectivity index (χ3v) is 4.37. The summed E-state index contributed by atoms with van der Waals surface area (Å²) in [5.41, 5.74) is 1.20. The van der Waals surface area contributed by atoms with Crippen LogP contribution in [0.4, 0.5) is 5.69 Å². The highest BCUT2D eigenvalue weighted by atomic mass is 35.5. The number of nitrogens with zero attached hydrogens (tertiary/aromatic N) is 1. The molecule has 2 N–H and O–H groups in total. The molecule has 0 bridgehead atoms. The lowest BCUT2D eigenvalue weighted by molar-refractivity contribution is 0.598. The molecular weight excluding hydrogens is 298 g/mol. The molecule has 20 heavy (non-hydrogen) atoms. The lowest BCUT2D eigenvalue weighted by Gasteiger charge is -2.12. The van der Waals surface area contributed by atoms with E-state index in [0.717, 1.165) is 5.56 Å². The fourth-order valence-electron chi connectivity index (χ4n) is 1.80. The fraction of sp³-hybridized carbons (Fsp3) is 0.308. The summed E-state index contributed by atoms with van der Waals surface area (Å²) in [5.74, 6) is 0.629. The number of rotatable bonds is 5. The van der Waals surface area contributed by atoms with Gasteiger partial charge in [0.05, 0.1) is 17.3 Å². The van der Waals surface area contributed by atoms with Crippen LogP contribution in [-0.4, -0.2) is 18.4 Å². The molecule has 1 aromatic carbocycles. The number of hydrogen-bond acceptors (Lipinski definition) is 3. The van der Waals surface area contributed by atoms with Crippen molar-refractivity contribution in [3.63, 3.8) is 0 Å². The number of H-pyrrole nitrogens is 1. The van der Waals surface area contributed by atoms with E-state index in [1.807, 2.05) is 13.0 Å². The van der Waals surface area contributed by atoms with Crippen LogP contribution in [0.2, 0.25) is 0 Å². The first-order valence-electron chi connectivity index (χ1n) is 6.23. The summed E-state index contributed by atoms with van der Waals surface area (Å²) in [6.07, 6.45) is 1.96. The van der Waals surface area contributed by atoms with Gasteiger partial charge in [-0.25, -0.2) is 4.98 Å². The van der Waals surface area contributed by atoms with Crippen LogP contribution in [0.5, 0.6) is 0 Å². The van der Waals surface area contributed by atoms with Crippen molar-refractivity contribution in [3.05, 3.63) is 41.9 Å². The minimum Gasteiger partial charge on any atom is -0.332 e. The van der Waals surface area contributed by atoms with Gasteiger partial charge in [-0.1, -0.05) is 25.1 Å². The summed E-state index contributed by atoms with van der Waals surface area (Å²) in [6, 6.07) is 7.05. The Labute approximate surface area is 123 Å². The SMILES string of the molecule is CCc1ncc(S(=O)(=O)Nc2ccccc2C(C)Cl)[nH]1. The van der Waals surface area contributed by atoms with Crippen LogP contribution in [0.3, 0.4) is 0 Å². The lowest BCUT2D eigenvalue weighted by atomic mass is 10.1. The maximum absolute atomic E-state index is 12.3. The largest absolute Gasteiger partial charge is 0.332 e. The van der Waals surface area contributed by atoms with Crippen LogP contribution in [0, 0.1) is 0 Å². The molecule has 0 saturated carbocycles. The average molecular weight is 314 g/mol. The zero-order chi connectivity index (χ0) is 14.8. The minimum atomic E-state index is -3.69. The molecule has 1 unspecified atom stereocenters. The number of sulfonamides is 1. The van der Waals surface area contributed by atoms with Gasteiger partial charge in [0.1, 0.15) is 5.82 Å².